The van der Waals surface area contributed by atoms with Crippen molar-refractivity contribution >= 4 is 39.5 Å². The molecule has 5 nitrogen and oxygen atoms in total. The van der Waals surface area contributed by atoms with E-state index in [4.69, 9.17) is 16.3 Å². The minimum atomic E-state index is -0.574. The molecule has 102 valence electrons. The maximum absolute atomic E-state index is 11.0. The van der Waals surface area contributed by atoms with Crippen molar-refractivity contribution < 1.29 is 14.5 Å². The molecule has 0 heterocycles. The number of carbonyl (C=O) groups is 1. The molecule has 0 saturated heterocycles. The van der Waals surface area contributed by atoms with Gasteiger partial charge in [0.1, 0.15) is 12.0 Å². The molecule has 7 heteroatoms. The van der Waals surface area contributed by atoms with Crippen molar-refractivity contribution in [3.05, 3.63) is 61.6 Å². The number of nitrogens with zero attached hydrogens (tertiary/aromatic N) is 1. The van der Waals surface area contributed by atoms with Crippen molar-refractivity contribution in [1.29, 1.82) is 0 Å². The van der Waals surface area contributed by atoms with E-state index in [0.29, 0.717) is 22.1 Å². The topological polar surface area (TPSA) is 69.4 Å². The molecule has 0 unspecified atom stereocenters. The van der Waals surface area contributed by atoms with Crippen LogP contribution in [-0.4, -0.2) is 11.2 Å². The molecule has 0 radical (unpaired) electrons. The number of aldehydes is 1. The molecule has 0 aromatic heterocycles. The van der Waals surface area contributed by atoms with Gasteiger partial charge in [0.2, 0.25) is 5.75 Å². The van der Waals surface area contributed by atoms with Crippen LogP contribution in [0.3, 0.4) is 0 Å². The first kappa shape index (κ1) is 14.5. The van der Waals surface area contributed by atoms with E-state index in [1.807, 2.05) is 0 Å². The summed E-state index contributed by atoms with van der Waals surface area (Å²) in [4.78, 5) is 21.0. The van der Waals surface area contributed by atoms with Gasteiger partial charge in [-0.1, -0.05) is 17.7 Å². The monoisotopic (exact) mass is 355 g/mol. The number of halogens is 2. The van der Waals surface area contributed by atoms with Crippen molar-refractivity contribution in [2.75, 3.05) is 0 Å². The van der Waals surface area contributed by atoms with Gasteiger partial charge in [-0.05, 0) is 40.2 Å². The summed E-state index contributed by atoms with van der Waals surface area (Å²) in [5.41, 5.74) is 0.224. The van der Waals surface area contributed by atoms with Crippen molar-refractivity contribution in [2.45, 2.75) is 0 Å². The second-order valence-electron chi connectivity index (χ2n) is 3.75. The molecule has 0 aliphatic carbocycles. The molecule has 0 bridgehead atoms. The summed E-state index contributed by atoms with van der Waals surface area (Å²) in [6.07, 6.45) is 0.687. The Hall–Kier alpha value is -1.92. The molecule has 20 heavy (non-hydrogen) atoms. The van der Waals surface area contributed by atoms with Crippen LogP contribution in [0.15, 0.2) is 40.9 Å². The fourth-order valence-electron chi connectivity index (χ4n) is 1.53. The smallest absolute Gasteiger partial charge is 0.313 e. The lowest BCUT2D eigenvalue weighted by molar-refractivity contribution is -0.385. The van der Waals surface area contributed by atoms with Crippen molar-refractivity contribution in [3.63, 3.8) is 0 Å². The molecule has 0 atom stereocenters. The van der Waals surface area contributed by atoms with Crippen molar-refractivity contribution in [2.24, 2.45) is 0 Å². The number of nitro groups is 1. The van der Waals surface area contributed by atoms with E-state index in [0.717, 1.165) is 0 Å². The predicted octanol–water partition coefficient (Wildman–Crippen LogP) is 4.62. The van der Waals surface area contributed by atoms with Crippen LogP contribution in [-0.2, 0) is 0 Å². The minimum Gasteiger partial charge on any atom is -0.447 e. The second-order valence-corrected chi connectivity index (χ2v) is 5.02. The highest BCUT2D eigenvalue weighted by Gasteiger charge is 2.19. The summed E-state index contributed by atoms with van der Waals surface area (Å²) in [5.74, 6) is 0.283. The van der Waals surface area contributed by atoms with Gasteiger partial charge in [0.15, 0.2) is 0 Å². The fraction of sp³-hybridized carbons (Fsp3) is 0. The van der Waals surface area contributed by atoms with Gasteiger partial charge in [-0.3, -0.25) is 14.9 Å². The van der Waals surface area contributed by atoms with Crippen LogP contribution in [0, 0.1) is 10.1 Å². The zero-order chi connectivity index (χ0) is 14.7. The Bertz CT molecular complexity index is 690. The van der Waals surface area contributed by atoms with E-state index in [1.165, 1.54) is 30.3 Å². The summed E-state index contributed by atoms with van der Waals surface area (Å²) < 4.78 is 5.99. The number of nitro benzene ring substituents is 1. The quantitative estimate of drug-likeness (QED) is 0.455. The number of para-hydroxylation sites is 1. The van der Waals surface area contributed by atoms with E-state index in [1.54, 1.807) is 6.07 Å². The molecule has 2 aromatic carbocycles. The first-order valence-electron chi connectivity index (χ1n) is 5.38. The van der Waals surface area contributed by atoms with Gasteiger partial charge in [-0.25, -0.2) is 0 Å². The molecule has 2 rings (SSSR count). The Morgan fingerprint density at radius 2 is 2.05 bits per heavy atom. The maximum Gasteiger partial charge on any atom is 0.313 e. The van der Waals surface area contributed by atoms with E-state index in [2.05, 4.69) is 15.9 Å². The zero-order valence-corrected chi connectivity index (χ0v) is 12.2. The van der Waals surface area contributed by atoms with Crippen LogP contribution in [0.4, 0.5) is 5.69 Å². The van der Waals surface area contributed by atoms with Crippen LogP contribution in [0.1, 0.15) is 10.4 Å². The summed E-state index contributed by atoms with van der Waals surface area (Å²) in [5, 5.41) is 11.1. The zero-order valence-electron chi connectivity index (χ0n) is 9.88. The number of ether oxygens (including phenoxy) is 1. The van der Waals surface area contributed by atoms with Gasteiger partial charge < -0.3 is 4.74 Å². The predicted molar refractivity (Wildman–Crippen MR) is 77.7 cm³/mol. The third-order valence-electron chi connectivity index (χ3n) is 2.45. The Morgan fingerprint density at radius 3 is 2.65 bits per heavy atom. The second kappa shape index (κ2) is 6.02. The molecule has 0 saturated carbocycles. The average Bonchev–Trinajstić information content (AvgIpc) is 2.42. The first-order valence-corrected chi connectivity index (χ1v) is 6.55. The van der Waals surface area contributed by atoms with Gasteiger partial charge in [0.05, 0.1) is 14.4 Å². The molecular formula is C13H7BrClNO4. The fourth-order valence-corrected chi connectivity index (χ4v) is 2.21. The Labute approximate surface area is 127 Å². The third kappa shape index (κ3) is 2.97. The summed E-state index contributed by atoms with van der Waals surface area (Å²) in [6, 6.07) is 8.88. The number of rotatable bonds is 4. The van der Waals surface area contributed by atoms with Crippen LogP contribution in [0.25, 0.3) is 0 Å². The Balaban J connectivity index is 2.44. The summed E-state index contributed by atoms with van der Waals surface area (Å²) in [7, 11) is 0. The van der Waals surface area contributed by atoms with Gasteiger partial charge in [-0.15, -0.1) is 0 Å². The van der Waals surface area contributed by atoms with Crippen LogP contribution in [0.5, 0.6) is 11.5 Å². The van der Waals surface area contributed by atoms with Crippen LogP contribution in [0.2, 0.25) is 5.02 Å². The average molecular weight is 357 g/mol. The number of benzene rings is 2. The van der Waals surface area contributed by atoms with Gasteiger partial charge in [0, 0.05) is 11.6 Å². The molecular weight excluding hydrogens is 350 g/mol. The maximum atomic E-state index is 11.0. The normalized spacial score (nSPS) is 10.1. The summed E-state index contributed by atoms with van der Waals surface area (Å²) in [6.45, 7) is 0. The summed E-state index contributed by atoms with van der Waals surface area (Å²) >= 11 is 9.17. The van der Waals surface area contributed by atoms with Gasteiger partial charge >= 0.3 is 5.69 Å². The highest BCUT2D eigenvalue weighted by Crippen LogP contribution is 2.39. The standard InChI is InChI=1S/C13H7BrClNO4/c14-9-6-8(7-17)4-5-12(9)20-13-10(15)2-1-3-11(13)16(18)19/h1-7H. The Morgan fingerprint density at radius 1 is 1.30 bits per heavy atom. The van der Waals surface area contributed by atoms with Crippen molar-refractivity contribution in [3.8, 4) is 11.5 Å². The lowest BCUT2D eigenvalue weighted by atomic mass is 10.2. The molecule has 0 amide bonds. The molecule has 0 aliphatic heterocycles. The number of carbonyl (C=O) groups excluding carboxylic acids is 1. The highest BCUT2D eigenvalue weighted by atomic mass is 79.9. The lowest BCUT2D eigenvalue weighted by Gasteiger charge is -2.09. The lowest BCUT2D eigenvalue weighted by Crippen LogP contribution is -1.95. The van der Waals surface area contributed by atoms with Gasteiger partial charge in [0.25, 0.3) is 0 Å². The number of hydrogen-bond acceptors (Lipinski definition) is 4. The van der Waals surface area contributed by atoms with Crippen LogP contribution < -0.4 is 4.74 Å². The highest BCUT2D eigenvalue weighted by molar-refractivity contribution is 9.10. The molecule has 0 fully saturated rings. The molecule has 0 spiro atoms. The molecule has 0 N–H and O–H groups in total. The van der Waals surface area contributed by atoms with E-state index in [9.17, 15) is 14.9 Å². The minimum absolute atomic E-state index is 0.0429. The van der Waals surface area contributed by atoms with E-state index in [-0.39, 0.29) is 16.5 Å². The molecule has 0 aliphatic rings. The van der Waals surface area contributed by atoms with Crippen LogP contribution >= 0.6 is 27.5 Å². The van der Waals surface area contributed by atoms with E-state index >= 15 is 0 Å². The largest absolute Gasteiger partial charge is 0.447 e. The SMILES string of the molecule is O=Cc1ccc(Oc2c(Cl)cccc2[N+](=O)[O-])c(Br)c1. The first-order chi connectivity index (χ1) is 9.52. The number of hydrogen-bond donors (Lipinski definition) is 0. The van der Waals surface area contributed by atoms with E-state index < -0.39 is 4.92 Å². The molecule has 2 aromatic rings. The van der Waals surface area contributed by atoms with Gasteiger partial charge in [-0.2, -0.15) is 0 Å². The van der Waals surface area contributed by atoms with Crippen molar-refractivity contribution in [1.82, 2.24) is 0 Å². The third-order valence-corrected chi connectivity index (χ3v) is 3.36. The Kier molecular flexibility index (Phi) is 4.36.